The lowest BCUT2D eigenvalue weighted by Crippen LogP contribution is -2.29. The average Bonchev–Trinajstić information content (AvgIpc) is 2.57. The molecule has 0 aromatic carbocycles. The molecule has 1 heterocycles. The van der Waals surface area contributed by atoms with Gasteiger partial charge in [0.2, 0.25) is 0 Å². The molecule has 0 fully saturated rings. The largest absolute Gasteiger partial charge is 0.382 e. The average molecular weight is 186 g/mol. The summed E-state index contributed by atoms with van der Waals surface area (Å²) in [5.74, 6) is 0. The zero-order chi connectivity index (χ0) is 9.03. The van der Waals surface area contributed by atoms with Gasteiger partial charge in [-0.05, 0) is 17.9 Å². The van der Waals surface area contributed by atoms with Gasteiger partial charge in [-0.1, -0.05) is 13.0 Å². The van der Waals surface area contributed by atoms with Crippen molar-refractivity contribution in [3.8, 4) is 0 Å². The summed E-state index contributed by atoms with van der Waals surface area (Å²) in [4.78, 5) is 0.979. The smallest absolute Gasteiger partial charge is 0.122 e. The van der Waals surface area contributed by atoms with E-state index in [1.807, 2.05) is 24.4 Å². The Morgan fingerprint density at radius 3 is 2.83 bits per heavy atom. The van der Waals surface area contributed by atoms with Crippen molar-refractivity contribution in [1.82, 2.24) is 0 Å². The fraction of sp³-hybridized carbons (Fsp3) is 0.556. The van der Waals surface area contributed by atoms with Crippen LogP contribution in [0.2, 0.25) is 0 Å². The molecule has 0 aliphatic rings. The van der Waals surface area contributed by atoms with Crippen LogP contribution in [0, 0.1) is 0 Å². The van der Waals surface area contributed by atoms with E-state index in [2.05, 4.69) is 0 Å². The molecule has 1 atom stereocenters. The van der Waals surface area contributed by atoms with Gasteiger partial charge in [-0.25, -0.2) is 0 Å². The number of rotatable bonds is 4. The van der Waals surface area contributed by atoms with E-state index >= 15 is 0 Å². The molecule has 12 heavy (non-hydrogen) atoms. The van der Waals surface area contributed by atoms with Crippen molar-refractivity contribution in [3.63, 3.8) is 0 Å². The van der Waals surface area contributed by atoms with Crippen molar-refractivity contribution in [2.45, 2.75) is 18.9 Å². The minimum atomic E-state index is -0.789. The molecule has 1 unspecified atom stereocenters. The van der Waals surface area contributed by atoms with Gasteiger partial charge >= 0.3 is 0 Å². The summed E-state index contributed by atoms with van der Waals surface area (Å²) in [5.41, 5.74) is -0.789. The molecule has 0 amide bonds. The van der Waals surface area contributed by atoms with Gasteiger partial charge in [0.1, 0.15) is 5.60 Å². The van der Waals surface area contributed by atoms with Crippen LogP contribution in [-0.4, -0.2) is 18.8 Å². The summed E-state index contributed by atoms with van der Waals surface area (Å²) >= 11 is 1.56. The fourth-order valence-corrected chi connectivity index (χ4v) is 2.01. The first-order chi connectivity index (χ1) is 5.73. The first-order valence-corrected chi connectivity index (χ1v) is 4.86. The molecule has 1 aromatic heterocycles. The summed E-state index contributed by atoms with van der Waals surface area (Å²) in [5, 5.41) is 12.0. The van der Waals surface area contributed by atoms with E-state index in [0.29, 0.717) is 13.0 Å². The normalized spacial score (nSPS) is 15.9. The van der Waals surface area contributed by atoms with Crippen LogP contribution in [-0.2, 0) is 10.3 Å². The Hall–Kier alpha value is -0.380. The molecule has 0 saturated carbocycles. The quantitative estimate of drug-likeness (QED) is 0.779. The van der Waals surface area contributed by atoms with Gasteiger partial charge in [0.15, 0.2) is 0 Å². The minimum Gasteiger partial charge on any atom is -0.382 e. The first kappa shape index (κ1) is 9.71. The van der Waals surface area contributed by atoms with Crippen LogP contribution < -0.4 is 0 Å². The lowest BCUT2D eigenvalue weighted by Gasteiger charge is -2.24. The zero-order valence-electron chi connectivity index (χ0n) is 7.41. The number of methoxy groups -OCH3 is 1. The molecule has 1 N–H and O–H groups in total. The van der Waals surface area contributed by atoms with Crippen LogP contribution in [0.1, 0.15) is 18.2 Å². The molecule has 0 spiro atoms. The van der Waals surface area contributed by atoms with Crippen molar-refractivity contribution in [2.75, 3.05) is 13.7 Å². The van der Waals surface area contributed by atoms with E-state index < -0.39 is 5.60 Å². The number of hydrogen-bond donors (Lipinski definition) is 1. The minimum absolute atomic E-state index is 0.365. The van der Waals surface area contributed by atoms with Crippen LogP contribution in [0.3, 0.4) is 0 Å². The van der Waals surface area contributed by atoms with Gasteiger partial charge in [-0.2, -0.15) is 0 Å². The van der Waals surface area contributed by atoms with E-state index in [0.717, 1.165) is 4.88 Å². The van der Waals surface area contributed by atoms with E-state index in [1.165, 1.54) is 0 Å². The Bertz CT molecular complexity index is 220. The predicted molar refractivity (Wildman–Crippen MR) is 50.4 cm³/mol. The predicted octanol–water partition coefficient (Wildman–Crippen LogP) is 1.99. The Labute approximate surface area is 76.8 Å². The second-order valence-corrected chi connectivity index (χ2v) is 3.74. The Balaban J connectivity index is 2.80. The highest BCUT2D eigenvalue weighted by Crippen LogP contribution is 2.28. The standard InChI is InChI=1S/C9H14O2S/c1-3-9(10,7-11-2)8-5-4-6-12-8/h4-6,10H,3,7H2,1-2H3. The van der Waals surface area contributed by atoms with Crippen molar-refractivity contribution < 1.29 is 9.84 Å². The summed E-state index contributed by atoms with van der Waals surface area (Å²) < 4.78 is 4.98. The highest BCUT2D eigenvalue weighted by Gasteiger charge is 2.27. The summed E-state index contributed by atoms with van der Waals surface area (Å²) in [6.45, 7) is 2.32. The molecule has 0 radical (unpaired) electrons. The SMILES string of the molecule is CCC(O)(COC)c1cccs1. The Morgan fingerprint density at radius 1 is 1.67 bits per heavy atom. The topological polar surface area (TPSA) is 29.5 Å². The second-order valence-electron chi connectivity index (χ2n) is 2.80. The first-order valence-electron chi connectivity index (χ1n) is 3.98. The van der Waals surface area contributed by atoms with Crippen molar-refractivity contribution in [1.29, 1.82) is 0 Å². The van der Waals surface area contributed by atoms with Crippen LogP contribution in [0.4, 0.5) is 0 Å². The maximum absolute atomic E-state index is 10.1. The monoisotopic (exact) mass is 186 g/mol. The van der Waals surface area contributed by atoms with Gasteiger partial charge in [-0.15, -0.1) is 11.3 Å². The van der Waals surface area contributed by atoms with Crippen LogP contribution >= 0.6 is 11.3 Å². The molecule has 1 rings (SSSR count). The fourth-order valence-electron chi connectivity index (χ4n) is 1.13. The van der Waals surface area contributed by atoms with E-state index in [1.54, 1.807) is 18.4 Å². The van der Waals surface area contributed by atoms with E-state index in [4.69, 9.17) is 4.74 Å². The number of thiophene rings is 1. The lowest BCUT2D eigenvalue weighted by molar-refractivity contribution is -0.0358. The van der Waals surface area contributed by atoms with E-state index in [9.17, 15) is 5.11 Å². The molecule has 68 valence electrons. The Morgan fingerprint density at radius 2 is 2.42 bits per heavy atom. The molecule has 3 heteroatoms. The molecule has 0 bridgehead atoms. The summed E-state index contributed by atoms with van der Waals surface area (Å²) in [6, 6.07) is 3.88. The lowest BCUT2D eigenvalue weighted by atomic mass is 10.0. The molecule has 2 nitrogen and oxygen atoms in total. The van der Waals surface area contributed by atoms with E-state index in [-0.39, 0.29) is 0 Å². The van der Waals surface area contributed by atoms with Gasteiger partial charge in [0, 0.05) is 12.0 Å². The van der Waals surface area contributed by atoms with Crippen molar-refractivity contribution in [2.24, 2.45) is 0 Å². The van der Waals surface area contributed by atoms with Gasteiger partial charge in [0.25, 0.3) is 0 Å². The molecule has 1 aromatic rings. The summed E-state index contributed by atoms with van der Waals surface area (Å²) in [6.07, 6.45) is 0.682. The van der Waals surface area contributed by atoms with Crippen molar-refractivity contribution in [3.05, 3.63) is 22.4 Å². The van der Waals surface area contributed by atoms with Crippen LogP contribution in [0.5, 0.6) is 0 Å². The third kappa shape index (κ3) is 1.86. The molecular formula is C9H14O2S. The second kappa shape index (κ2) is 4.03. The van der Waals surface area contributed by atoms with Crippen molar-refractivity contribution >= 4 is 11.3 Å². The Kier molecular flexibility index (Phi) is 3.26. The van der Waals surface area contributed by atoms with Gasteiger partial charge in [0.05, 0.1) is 6.61 Å². The summed E-state index contributed by atoms with van der Waals surface area (Å²) in [7, 11) is 1.61. The highest BCUT2D eigenvalue weighted by atomic mass is 32.1. The number of ether oxygens (including phenoxy) is 1. The molecule has 0 aliphatic carbocycles. The zero-order valence-corrected chi connectivity index (χ0v) is 8.23. The molecule has 0 aliphatic heterocycles. The maximum atomic E-state index is 10.1. The van der Waals surface area contributed by atoms with Gasteiger partial charge in [-0.3, -0.25) is 0 Å². The molecule has 0 saturated heterocycles. The number of aliphatic hydroxyl groups is 1. The highest BCUT2D eigenvalue weighted by molar-refractivity contribution is 7.10. The molecular weight excluding hydrogens is 172 g/mol. The third-order valence-electron chi connectivity index (χ3n) is 1.95. The maximum Gasteiger partial charge on any atom is 0.122 e. The van der Waals surface area contributed by atoms with Crippen LogP contribution in [0.25, 0.3) is 0 Å². The number of hydrogen-bond acceptors (Lipinski definition) is 3. The van der Waals surface area contributed by atoms with Crippen LogP contribution in [0.15, 0.2) is 17.5 Å². The van der Waals surface area contributed by atoms with Gasteiger partial charge < -0.3 is 9.84 Å². The third-order valence-corrected chi connectivity index (χ3v) is 3.01.